The molecule has 0 heterocycles. The van der Waals surface area contributed by atoms with Gasteiger partial charge >= 0.3 is 0 Å². The average Bonchev–Trinajstić information content (AvgIpc) is 2.51. The lowest BCUT2D eigenvalue weighted by Gasteiger charge is -2.49. The summed E-state index contributed by atoms with van der Waals surface area (Å²) in [6.45, 7) is 23.5. The molecule has 0 aromatic carbocycles. The Labute approximate surface area is 190 Å². The van der Waals surface area contributed by atoms with Crippen molar-refractivity contribution in [3.8, 4) is 0 Å². The molecular formula is C27H56O3. The van der Waals surface area contributed by atoms with Gasteiger partial charge < -0.3 is 14.2 Å². The molecule has 0 amide bonds. The van der Waals surface area contributed by atoms with Gasteiger partial charge in [-0.3, -0.25) is 0 Å². The van der Waals surface area contributed by atoms with Crippen molar-refractivity contribution < 1.29 is 14.2 Å². The number of hydrogen-bond acceptors (Lipinski definition) is 3. The highest BCUT2D eigenvalue weighted by Crippen LogP contribution is 2.42. The molecule has 0 aliphatic heterocycles. The molecule has 0 aliphatic rings. The SMILES string of the molecule is CCCCCCCCC(CCCCC)C(OC(C)(C)C)(OC(C)(C)C)OC(C)(C)C. The standard InChI is InChI=1S/C27H56O3/c1-12-14-16-17-18-20-22-23(21-19-15-13-2)27(28-24(3,4)5,29-25(6,7)8)30-26(9,10)11/h23H,12-22H2,1-11H3. The van der Waals surface area contributed by atoms with Crippen molar-refractivity contribution in [3.63, 3.8) is 0 Å². The third-order valence-corrected chi connectivity index (χ3v) is 4.91. The molecule has 0 aromatic heterocycles. The van der Waals surface area contributed by atoms with Crippen LogP contribution in [0.15, 0.2) is 0 Å². The monoisotopic (exact) mass is 428 g/mol. The lowest BCUT2D eigenvalue weighted by Crippen LogP contribution is -2.56. The normalized spacial score (nSPS) is 14.9. The summed E-state index contributed by atoms with van der Waals surface area (Å²) >= 11 is 0. The van der Waals surface area contributed by atoms with Gasteiger partial charge in [-0.15, -0.1) is 0 Å². The van der Waals surface area contributed by atoms with Gasteiger partial charge in [-0.25, -0.2) is 0 Å². The number of hydrogen-bond donors (Lipinski definition) is 0. The highest BCUT2D eigenvalue weighted by molar-refractivity contribution is 4.82. The van der Waals surface area contributed by atoms with Crippen LogP contribution >= 0.6 is 0 Å². The molecule has 182 valence electrons. The zero-order chi connectivity index (χ0) is 23.5. The third kappa shape index (κ3) is 14.8. The molecule has 0 rings (SSSR count). The van der Waals surface area contributed by atoms with Gasteiger partial charge in [0.25, 0.3) is 5.97 Å². The van der Waals surface area contributed by atoms with Crippen molar-refractivity contribution in [1.29, 1.82) is 0 Å². The molecule has 0 fully saturated rings. The summed E-state index contributed by atoms with van der Waals surface area (Å²) < 4.78 is 20.2. The van der Waals surface area contributed by atoms with Crippen LogP contribution in [0.3, 0.4) is 0 Å². The quantitative estimate of drug-likeness (QED) is 0.192. The summed E-state index contributed by atoms with van der Waals surface area (Å²) in [7, 11) is 0. The fourth-order valence-corrected chi connectivity index (χ4v) is 3.90. The summed E-state index contributed by atoms with van der Waals surface area (Å²) in [6.07, 6.45) is 13.6. The Kier molecular flexibility index (Phi) is 13.4. The molecule has 1 unspecified atom stereocenters. The fourth-order valence-electron chi connectivity index (χ4n) is 3.90. The predicted octanol–water partition coefficient (Wildman–Crippen LogP) is 9.03. The van der Waals surface area contributed by atoms with Gasteiger partial charge in [0.15, 0.2) is 0 Å². The van der Waals surface area contributed by atoms with E-state index in [0.29, 0.717) is 0 Å². The van der Waals surface area contributed by atoms with Crippen LogP contribution < -0.4 is 0 Å². The van der Waals surface area contributed by atoms with Crippen molar-refractivity contribution in [3.05, 3.63) is 0 Å². The first kappa shape index (κ1) is 29.9. The van der Waals surface area contributed by atoms with E-state index in [-0.39, 0.29) is 22.7 Å². The molecule has 0 aromatic rings. The van der Waals surface area contributed by atoms with Gasteiger partial charge in [0.2, 0.25) is 0 Å². The highest BCUT2D eigenvalue weighted by Gasteiger charge is 2.49. The molecule has 0 bridgehead atoms. The van der Waals surface area contributed by atoms with Crippen molar-refractivity contribution in [2.45, 2.75) is 170 Å². The van der Waals surface area contributed by atoms with Gasteiger partial charge in [-0.05, 0) is 75.2 Å². The largest absolute Gasteiger partial charge is 0.321 e. The van der Waals surface area contributed by atoms with Crippen LogP contribution in [0, 0.1) is 5.92 Å². The number of unbranched alkanes of at least 4 members (excludes halogenated alkanes) is 7. The average molecular weight is 429 g/mol. The minimum absolute atomic E-state index is 0.216. The molecule has 30 heavy (non-hydrogen) atoms. The molecule has 0 saturated carbocycles. The molecule has 1 atom stereocenters. The minimum Gasteiger partial charge on any atom is -0.321 e. The molecule has 0 N–H and O–H groups in total. The second-order valence-corrected chi connectivity index (χ2v) is 12.0. The van der Waals surface area contributed by atoms with Gasteiger partial charge in [0, 0.05) is 5.92 Å². The van der Waals surface area contributed by atoms with Crippen molar-refractivity contribution in [1.82, 2.24) is 0 Å². The number of rotatable bonds is 15. The van der Waals surface area contributed by atoms with E-state index in [1.165, 1.54) is 57.8 Å². The lowest BCUT2D eigenvalue weighted by atomic mass is 9.90. The Morgan fingerprint density at radius 1 is 0.467 bits per heavy atom. The smallest absolute Gasteiger partial charge is 0.287 e. The highest BCUT2D eigenvalue weighted by atomic mass is 16.9. The fraction of sp³-hybridized carbons (Fsp3) is 1.00. The summed E-state index contributed by atoms with van der Waals surface area (Å²) in [5.41, 5.74) is -1.08. The van der Waals surface area contributed by atoms with Crippen LogP contribution in [0.5, 0.6) is 0 Å². The maximum absolute atomic E-state index is 6.72. The lowest BCUT2D eigenvalue weighted by molar-refractivity contribution is -0.468. The number of ether oxygens (including phenoxy) is 3. The van der Waals surface area contributed by atoms with E-state index < -0.39 is 5.97 Å². The van der Waals surface area contributed by atoms with E-state index >= 15 is 0 Å². The first-order valence-electron chi connectivity index (χ1n) is 12.7. The van der Waals surface area contributed by atoms with E-state index in [4.69, 9.17) is 14.2 Å². The maximum Gasteiger partial charge on any atom is 0.287 e. The predicted molar refractivity (Wildman–Crippen MR) is 131 cm³/mol. The van der Waals surface area contributed by atoms with Crippen molar-refractivity contribution in [2.24, 2.45) is 5.92 Å². The van der Waals surface area contributed by atoms with E-state index in [1.54, 1.807) is 0 Å². The van der Waals surface area contributed by atoms with Gasteiger partial charge in [-0.2, -0.15) is 0 Å². The molecule has 0 spiro atoms. The molecule has 0 radical (unpaired) electrons. The van der Waals surface area contributed by atoms with Crippen molar-refractivity contribution >= 4 is 0 Å². The van der Waals surface area contributed by atoms with E-state index in [1.807, 2.05) is 0 Å². The van der Waals surface area contributed by atoms with Crippen LogP contribution in [-0.4, -0.2) is 22.8 Å². The van der Waals surface area contributed by atoms with Crippen LogP contribution in [0.1, 0.15) is 147 Å². The summed E-state index contributed by atoms with van der Waals surface area (Å²) in [5.74, 6) is -0.820. The second-order valence-electron chi connectivity index (χ2n) is 12.0. The molecular weight excluding hydrogens is 372 g/mol. The van der Waals surface area contributed by atoms with Gasteiger partial charge in [-0.1, -0.05) is 71.6 Å². The van der Waals surface area contributed by atoms with Crippen LogP contribution in [-0.2, 0) is 14.2 Å². The van der Waals surface area contributed by atoms with E-state index in [2.05, 4.69) is 76.2 Å². The Hall–Kier alpha value is -0.120. The Bertz CT molecular complexity index is 382. The van der Waals surface area contributed by atoms with Crippen LogP contribution in [0.2, 0.25) is 0 Å². The molecule has 0 aliphatic carbocycles. The summed E-state index contributed by atoms with van der Waals surface area (Å²) in [4.78, 5) is 0. The van der Waals surface area contributed by atoms with E-state index in [9.17, 15) is 0 Å². The molecule has 3 nitrogen and oxygen atoms in total. The van der Waals surface area contributed by atoms with E-state index in [0.717, 1.165) is 12.8 Å². The first-order valence-corrected chi connectivity index (χ1v) is 12.7. The first-order chi connectivity index (χ1) is 13.6. The van der Waals surface area contributed by atoms with Crippen LogP contribution in [0.4, 0.5) is 0 Å². The zero-order valence-corrected chi connectivity index (χ0v) is 22.6. The van der Waals surface area contributed by atoms with Gasteiger partial charge in [0.1, 0.15) is 0 Å². The zero-order valence-electron chi connectivity index (χ0n) is 22.6. The van der Waals surface area contributed by atoms with Crippen LogP contribution in [0.25, 0.3) is 0 Å². The molecule has 3 heteroatoms. The second kappa shape index (κ2) is 13.4. The minimum atomic E-state index is -1.04. The van der Waals surface area contributed by atoms with Gasteiger partial charge in [0.05, 0.1) is 16.8 Å². The topological polar surface area (TPSA) is 27.7 Å². The summed E-state index contributed by atoms with van der Waals surface area (Å²) in [6, 6.07) is 0. The Morgan fingerprint density at radius 2 is 0.767 bits per heavy atom. The Balaban J connectivity index is 5.78. The molecule has 0 saturated heterocycles. The third-order valence-electron chi connectivity index (χ3n) is 4.91. The Morgan fingerprint density at radius 3 is 1.13 bits per heavy atom. The summed E-state index contributed by atoms with van der Waals surface area (Å²) in [5, 5.41) is 0. The van der Waals surface area contributed by atoms with Crippen molar-refractivity contribution in [2.75, 3.05) is 0 Å². The maximum atomic E-state index is 6.72.